The fourth-order valence-electron chi connectivity index (χ4n) is 6.79. The van der Waals surface area contributed by atoms with Crippen LogP contribution in [0.3, 0.4) is 0 Å². The number of amides is 1. The molecule has 218 valence electrons. The van der Waals surface area contributed by atoms with Gasteiger partial charge in [-0.05, 0) is 37.0 Å². The summed E-state index contributed by atoms with van der Waals surface area (Å²) >= 11 is 0. The molecule has 1 aliphatic heterocycles. The highest BCUT2D eigenvalue weighted by molar-refractivity contribution is 5.81. The zero-order valence-corrected chi connectivity index (χ0v) is 24.5. The van der Waals surface area contributed by atoms with E-state index in [9.17, 15) is 19.1 Å². The highest BCUT2D eigenvalue weighted by atomic mass is 19.1. The summed E-state index contributed by atoms with van der Waals surface area (Å²) in [7, 11) is 0. The first-order valence-electron chi connectivity index (χ1n) is 15.0. The van der Waals surface area contributed by atoms with Gasteiger partial charge in [-0.15, -0.1) is 0 Å². The lowest BCUT2D eigenvalue weighted by Gasteiger charge is -2.51. The molecule has 2 aromatic heterocycles. The van der Waals surface area contributed by atoms with E-state index in [0.717, 1.165) is 6.42 Å². The van der Waals surface area contributed by atoms with Gasteiger partial charge in [-0.3, -0.25) is 14.6 Å². The summed E-state index contributed by atoms with van der Waals surface area (Å²) in [6.45, 7) is 6.92. The van der Waals surface area contributed by atoms with Crippen molar-refractivity contribution in [2.24, 2.45) is 17.3 Å². The van der Waals surface area contributed by atoms with Crippen molar-refractivity contribution in [2.45, 2.75) is 77.9 Å². The van der Waals surface area contributed by atoms with Gasteiger partial charge in [0.1, 0.15) is 5.82 Å². The first-order valence-corrected chi connectivity index (χ1v) is 15.0. The van der Waals surface area contributed by atoms with E-state index in [1.807, 2.05) is 37.8 Å². The molecule has 1 amide bonds. The van der Waals surface area contributed by atoms with E-state index in [1.165, 1.54) is 48.8 Å². The number of carbonyl (C=O) groups is 1. The lowest BCUT2D eigenvalue weighted by atomic mass is 9.69. The molecule has 2 unspecified atom stereocenters. The summed E-state index contributed by atoms with van der Waals surface area (Å²) in [5.74, 6) is 0.338. The van der Waals surface area contributed by atoms with Gasteiger partial charge in [-0.1, -0.05) is 77.1 Å². The van der Waals surface area contributed by atoms with E-state index >= 15 is 0 Å². The second-order valence-electron chi connectivity index (χ2n) is 12.8. The Labute approximate surface area is 242 Å². The molecular formula is C34H42FN3O3. The monoisotopic (exact) mass is 559 g/mol. The molecule has 1 N–H and O–H groups in total. The number of hydrogen-bond donors (Lipinski definition) is 1. The van der Waals surface area contributed by atoms with Crippen LogP contribution in [0, 0.1) is 23.1 Å². The van der Waals surface area contributed by atoms with Crippen molar-refractivity contribution < 1.29 is 14.3 Å². The maximum Gasteiger partial charge on any atom is 0.251 e. The van der Waals surface area contributed by atoms with Gasteiger partial charge in [0.15, 0.2) is 0 Å². The molecule has 1 aliphatic carbocycles. The van der Waals surface area contributed by atoms with Crippen molar-refractivity contribution in [2.75, 3.05) is 13.1 Å². The lowest BCUT2D eigenvalue weighted by Crippen LogP contribution is -2.61. The molecule has 0 radical (unpaired) electrons. The van der Waals surface area contributed by atoms with E-state index in [4.69, 9.17) is 0 Å². The van der Waals surface area contributed by atoms with E-state index in [0.29, 0.717) is 47.8 Å². The van der Waals surface area contributed by atoms with Gasteiger partial charge in [0.25, 0.3) is 5.56 Å². The molecule has 41 heavy (non-hydrogen) atoms. The van der Waals surface area contributed by atoms with Crippen LogP contribution in [0.2, 0.25) is 0 Å². The van der Waals surface area contributed by atoms with E-state index in [1.54, 1.807) is 36.7 Å². The maximum atomic E-state index is 14.8. The molecule has 2 aliphatic rings. The SMILES string of the molecule is CC(CC1CCCCC1)C(=O)N1CCC(O)(Cn2cc(-c3ccccn3)c(-c3ccccc3F)cc2=O)C(C)(C)C1. The number of rotatable bonds is 7. The first-order chi connectivity index (χ1) is 19.6. The number of aromatic nitrogens is 2. The van der Waals surface area contributed by atoms with Crippen LogP contribution >= 0.6 is 0 Å². The smallest absolute Gasteiger partial charge is 0.251 e. The van der Waals surface area contributed by atoms with Gasteiger partial charge in [-0.25, -0.2) is 4.39 Å². The van der Waals surface area contributed by atoms with Crippen molar-refractivity contribution in [1.82, 2.24) is 14.5 Å². The van der Waals surface area contributed by atoms with Crippen LogP contribution in [0.5, 0.6) is 0 Å². The number of likely N-dealkylation sites (tertiary alicyclic amines) is 1. The second kappa shape index (κ2) is 11.9. The quantitative estimate of drug-likeness (QED) is 0.368. The molecule has 2 fully saturated rings. The second-order valence-corrected chi connectivity index (χ2v) is 12.8. The zero-order valence-electron chi connectivity index (χ0n) is 24.5. The predicted octanol–water partition coefficient (Wildman–Crippen LogP) is 6.31. The van der Waals surface area contributed by atoms with Crippen LogP contribution in [-0.4, -0.2) is 44.2 Å². The number of benzene rings is 1. The molecule has 6 nitrogen and oxygen atoms in total. The Morgan fingerprint density at radius 1 is 1.07 bits per heavy atom. The summed E-state index contributed by atoms with van der Waals surface area (Å²) in [5, 5.41) is 12.0. The van der Waals surface area contributed by atoms with Crippen LogP contribution < -0.4 is 5.56 Å². The van der Waals surface area contributed by atoms with Crippen LogP contribution in [-0.2, 0) is 11.3 Å². The third-order valence-corrected chi connectivity index (χ3v) is 9.45. The van der Waals surface area contributed by atoms with Crippen molar-refractivity contribution >= 4 is 5.91 Å². The highest BCUT2D eigenvalue weighted by Gasteiger charge is 2.49. The summed E-state index contributed by atoms with van der Waals surface area (Å²) in [5.41, 5.74) is -0.195. The average molecular weight is 560 g/mol. The molecule has 1 saturated heterocycles. The summed E-state index contributed by atoms with van der Waals surface area (Å²) < 4.78 is 16.3. The molecular weight excluding hydrogens is 517 g/mol. The minimum atomic E-state index is -1.22. The normalized spacial score (nSPS) is 21.9. The summed E-state index contributed by atoms with van der Waals surface area (Å²) in [6, 6.07) is 13.3. The average Bonchev–Trinajstić information content (AvgIpc) is 2.96. The number of carbonyl (C=O) groups excluding carboxylic acids is 1. The summed E-state index contributed by atoms with van der Waals surface area (Å²) in [6.07, 6.45) is 10.9. The number of pyridine rings is 2. The summed E-state index contributed by atoms with van der Waals surface area (Å²) in [4.78, 5) is 33.2. The Morgan fingerprint density at radius 3 is 2.49 bits per heavy atom. The fourth-order valence-corrected chi connectivity index (χ4v) is 6.79. The van der Waals surface area contributed by atoms with E-state index in [-0.39, 0.29) is 23.9 Å². The Hall–Kier alpha value is -3.32. The van der Waals surface area contributed by atoms with Crippen LogP contribution in [0.25, 0.3) is 22.4 Å². The number of hydrogen-bond acceptors (Lipinski definition) is 4. The minimum Gasteiger partial charge on any atom is -0.387 e. The molecule has 3 heterocycles. The van der Waals surface area contributed by atoms with Crippen LogP contribution in [0.4, 0.5) is 4.39 Å². The first kappa shape index (κ1) is 29.2. The minimum absolute atomic E-state index is 0.0328. The Bertz CT molecular complexity index is 1430. The van der Waals surface area contributed by atoms with Crippen molar-refractivity contribution in [3.63, 3.8) is 0 Å². The molecule has 7 heteroatoms. The van der Waals surface area contributed by atoms with E-state index < -0.39 is 16.8 Å². The largest absolute Gasteiger partial charge is 0.387 e. The third-order valence-electron chi connectivity index (χ3n) is 9.45. The van der Waals surface area contributed by atoms with E-state index in [2.05, 4.69) is 4.98 Å². The lowest BCUT2D eigenvalue weighted by molar-refractivity contribution is -0.157. The van der Waals surface area contributed by atoms with Crippen molar-refractivity contribution in [3.05, 3.63) is 77.1 Å². The molecule has 2 atom stereocenters. The molecule has 0 spiro atoms. The molecule has 3 aromatic rings. The fraction of sp³-hybridized carbons (Fsp3) is 0.500. The molecule has 1 aromatic carbocycles. The Balaban J connectivity index is 1.39. The van der Waals surface area contributed by atoms with Gasteiger partial charge in [-0.2, -0.15) is 0 Å². The molecule has 1 saturated carbocycles. The molecule has 0 bridgehead atoms. The van der Waals surface area contributed by atoms with Crippen molar-refractivity contribution in [3.8, 4) is 22.4 Å². The number of halogens is 1. The van der Waals surface area contributed by atoms with Crippen LogP contribution in [0.15, 0.2) is 65.7 Å². The van der Waals surface area contributed by atoms with Gasteiger partial charge in [0.05, 0.1) is 17.8 Å². The Kier molecular flexibility index (Phi) is 8.46. The Morgan fingerprint density at radius 2 is 1.80 bits per heavy atom. The maximum absolute atomic E-state index is 14.8. The topological polar surface area (TPSA) is 75.4 Å². The number of aliphatic hydroxyl groups is 1. The molecule has 5 rings (SSSR count). The highest BCUT2D eigenvalue weighted by Crippen LogP contribution is 2.41. The van der Waals surface area contributed by atoms with Crippen molar-refractivity contribution in [1.29, 1.82) is 0 Å². The van der Waals surface area contributed by atoms with Crippen LogP contribution in [0.1, 0.15) is 65.7 Å². The van der Waals surface area contributed by atoms with Gasteiger partial charge < -0.3 is 14.6 Å². The van der Waals surface area contributed by atoms with Gasteiger partial charge in [0.2, 0.25) is 5.91 Å². The van der Waals surface area contributed by atoms with Gasteiger partial charge >= 0.3 is 0 Å². The zero-order chi connectivity index (χ0) is 29.2. The standard InChI is InChI=1S/C34H42FN3O3/c1-24(19-25-11-5-4-6-12-25)32(40)37-18-16-34(41,33(2,3)22-37)23-38-21-28(30-15-9-10-17-36-30)27(20-31(38)39)26-13-7-8-14-29(26)35/h7-10,13-15,17,20-21,24-25,41H,4-6,11-12,16,18-19,22-23H2,1-3H3. The van der Waals surface area contributed by atoms with Gasteiger partial charge in [0, 0.05) is 59.6 Å². The predicted molar refractivity (Wildman–Crippen MR) is 160 cm³/mol. The third kappa shape index (κ3) is 6.15. The number of piperidine rings is 1. The number of nitrogens with zero attached hydrogens (tertiary/aromatic N) is 3.